The lowest BCUT2D eigenvalue weighted by molar-refractivity contribution is 0.116. The van der Waals surface area contributed by atoms with Gasteiger partial charge in [0.1, 0.15) is 6.10 Å². The van der Waals surface area contributed by atoms with E-state index in [9.17, 15) is 8.42 Å². The molecule has 1 unspecified atom stereocenters. The second-order valence-corrected chi connectivity index (χ2v) is 4.78. The molecule has 0 heterocycles. The first-order valence-corrected chi connectivity index (χ1v) is 5.37. The van der Waals surface area contributed by atoms with E-state index in [1.54, 1.807) is 6.07 Å². The van der Waals surface area contributed by atoms with Gasteiger partial charge in [0, 0.05) is 10.7 Å². The van der Waals surface area contributed by atoms with Crippen LogP contribution in [-0.4, -0.2) is 26.9 Å². The zero-order chi connectivity index (χ0) is 8.91. The van der Waals surface area contributed by atoms with Crippen molar-refractivity contribution >= 4 is 19.7 Å². The molecular weight excluding hydrogens is 190 g/mol. The highest BCUT2D eigenvalue weighted by molar-refractivity contribution is 8.13. The normalized spacial score (nSPS) is 13.9. The van der Waals surface area contributed by atoms with Crippen molar-refractivity contribution in [3.63, 3.8) is 0 Å². The molecule has 0 bridgehead atoms. The Morgan fingerprint density at radius 1 is 1.73 bits per heavy atom. The van der Waals surface area contributed by atoms with Crippen molar-refractivity contribution in [2.75, 3.05) is 12.4 Å². The Labute approximate surface area is 70.1 Å². The van der Waals surface area contributed by atoms with Crippen molar-refractivity contribution in [3.8, 4) is 6.07 Å². The number of hydrogen-bond donors (Lipinski definition) is 0. The molecule has 0 aromatic carbocycles. The van der Waals surface area contributed by atoms with Gasteiger partial charge in [-0.15, -0.1) is 0 Å². The van der Waals surface area contributed by atoms with Crippen LogP contribution < -0.4 is 0 Å². The van der Waals surface area contributed by atoms with Crippen molar-refractivity contribution in [3.05, 3.63) is 0 Å². The average molecular weight is 198 g/mol. The predicted molar refractivity (Wildman–Crippen MR) is 40.7 cm³/mol. The summed E-state index contributed by atoms with van der Waals surface area (Å²) in [4.78, 5) is 0. The van der Waals surface area contributed by atoms with Crippen LogP contribution in [0.3, 0.4) is 0 Å². The van der Waals surface area contributed by atoms with Gasteiger partial charge >= 0.3 is 0 Å². The number of halogens is 1. The molecule has 0 rings (SSSR count). The van der Waals surface area contributed by atoms with Gasteiger partial charge in [-0.1, -0.05) is 0 Å². The molecule has 64 valence electrons. The molecule has 0 saturated carbocycles. The summed E-state index contributed by atoms with van der Waals surface area (Å²) in [6.45, 7) is 1.49. The fourth-order valence-electron chi connectivity index (χ4n) is 0.362. The molecule has 0 aromatic rings. The van der Waals surface area contributed by atoms with Crippen LogP contribution in [0.4, 0.5) is 0 Å². The van der Waals surface area contributed by atoms with Gasteiger partial charge < -0.3 is 4.74 Å². The van der Waals surface area contributed by atoms with E-state index >= 15 is 0 Å². The third kappa shape index (κ3) is 7.59. The number of nitrogens with zero attached hydrogens (tertiary/aromatic N) is 1. The van der Waals surface area contributed by atoms with Crippen LogP contribution >= 0.6 is 10.7 Å². The van der Waals surface area contributed by atoms with Gasteiger partial charge in [0.2, 0.25) is 9.05 Å². The van der Waals surface area contributed by atoms with Crippen LogP contribution in [0.1, 0.15) is 6.92 Å². The summed E-state index contributed by atoms with van der Waals surface area (Å²) < 4.78 is 25.3. The smallest absolute Gasteiger partial charge is 0.234 e. The topological polar surface area (TPSA) is 67.2 Å². The van der Waals surface area contributed by atoms with Crippen molar-refractivity contribution < 1.29 is 13.2 Å². The molecule has 0 saturated heterocycles. The van der Waals surface area contributed by atoms with Gasteiger partial charge in [0.15, 0.2) is 0 Å². The third-order valence-electron chi connectivity index (χ3n) is 0.877. The molecule has 0 amide bonds. The lowest BCUT2D eigenvalue weighted by Crippen LogP contribution is -2.12. The van der Waals surface area contributed by atoms with Crippen molar-refractivity contribution in [2.24, 2.45) is 0 Å². The SMILES string of the molecule is CC(C#N)OCCS(=O)(=O)Cl. The molecule has 0 radical (unpaired) electrons. The maximum atomic E-state index is 10.3. The highest BCUT2D eigenvalue weighted by Gasteiger charge is 2.06. The standard InChI is InChI=1S/C5H8ClNO3S/c1-5(4-7)10-2-3-11(6,8)9/h5H,2-3H2,1H3. The Kier molecular flexibility index (Phi) is 4.42. The molecule has 11 heavy (non-hydrogen) atoms. The van der Waals surface area contributed by atoms with Crippen molar-refractivity contribution in [2.45, 2.75) is 13.0 Å². The molecule has 0 N–H and O–H groups in total. The molecule has 0 aliphatic rings. The quantitative estimate of drug-likeness (QED) is 0.615. The Balaban J connectivity index is 3.53. The van der Waals surface area contributed by atoms with Gasteiger partial charge in [-0.2, -0.15) is 5.26 Å². The molecule has 1 atom stereocenters. The summed E-state index contributed by atoms with van der Waals surface area (Å²) in [5, 5.41) is 8.21. The van der Waals surface area contributed by atoms with Gasteiger partial charge in [-0.3, -0.25) is 0 Å². The first kappa shape index (κ1) is 10.7. The van der Waals surface area contributed by atoms with Gasteiger partial charge in [-0.25, -0.2) is 8.42 Å². The first-order valence-electron chi connectivity index (χ1n) is 2.89. The van der Waals surface area contributed by atoms with Crippen LogP contribution in [0.5, 0.6) is 0 Å². The summed E-state index contributed by atoms with van der Waals surface area (Å²) in [7, 11) is 1.38. The lowest BCUT2D eigenvalue weighted by atomic mass is 10.5. The van der Waals surface area contributed by atoms with Crippen LogP contribution in [0, 0.1) is 11.3 Å². The van der Waals surface area contributed by atoms with E-state index in [1.807, 2.05) is 0 Å². The van der Waals surface area contributed by atoms with E-state index in [4.69, 9.17) is 20.7 Å². The number of nitriles is 1. The lowest BCUT2D eigenvalue weighted by Gasteiger charge is -2.01. The fourth-order valence-corrected chi connectivity index (χ4v) is 0.846. The average Bonchev–Trinajstić information content (AvgIpc) is 1.85. The molecule has 0 fully saturated rings. The molecule has 0 spiro atoms. The minimum absolute atomic E-state index is 0.0411. The van der Waals surface area contributed by atoms with E-state index in [2.05, 4.69) is 0 Å². The number of hydrogen-bond acceptors (Lipinski definition) is 4. The minimum Gasteiger partial charge on any atom is -0.362 e. The number of rotatable bonds is 4. The summed E-state index contributed by atoms with van der Waals surface area (Å²) >= 11 is 0. The molecular formula is C5H8ClNO3S. The monoisotopic (exact) mass is 197 g/mol. The number of ether oxygens (including phenoxy) is 1. The van der Waals surface area contributed by atoms with E-state index in [-0.39, 0.29) is 12.4 Å². The molecule has 6 heteroatoms. The maximum absolute atomic E-state index is 10.3. The second kappa shape index (κ2) is 4.54. The van der Waals surface area contributed by atoms with Crippen LogP contribution in [0.25, 0.3) is 0 Å². The molecule has 0 aliphatic carbocycles. The molecule has 0 aromatic heterocycles. The summed E-state index contributed by atoms with van der Waals surface area (Å²) in [6, 6.07) is 1.79. The maximum Gasteiger partial charge on any atom is 0.234 e. The summed E-state index contributed by atoms with van der Waals surface area (Å²) in [5.41, 5.74) is 0. The predicted octanol–water partition coefficient (Wildman–Crippen LogP) is 0.484. The van der Waals surface area contributed by atoms with Crippen LogP contribution in [0.15, 0.2) is 0 Å². The highest BCUT2D eigenvalue weighted by atomic mass is 35.7. The van der Waals surface area contributed by atoms with Crippen molar-refractivity contribution in [1.82, 2.24) is 0 Å². The molecule has 4 nitrogen and oxygen atoms in total. The Morgan fingerprint density at radius 2 is 2.27 bits per heavy atom. The first-order chi connectivity index (χ1) is 4.95. The highest BCUT2D eigenvalue weighted by Crippen LogP contribution is 1.97. The minimum atomic E-state index is -3.49. The van der Waals surface area contributed by atoms with E-state index in [0.717, 1.165) is 0 Å². The summed E-state index contributed by atoms with van der Waals surface area (Å²) in [6.07, 6.45) is -0.589. The van der Waals surface area contributed by atoms with Gasteiger partial charge in [-0.05, 0) is 6.92 Å². The van der Waals surface area contributed by atoms with Crippen molar-refractivity contribution in [1.29, 1.82) is 5.26 Å². The molecule has 0 aliphatic heterocycles. The Bertz CT molecular complexity index is 243. The zero-order valence-corrected chi connectivity index (χ0v) is 7.52. The van der Waals surface area contributed by atoms with Gasteiger partial charge in [0.05, 0.1) is 18.4 Å². The van der Waals surface area contributed by atoms with Crippen LogP contribution in [-0.2, 0) is 13.8 Å². The second-order valence-electron chi connectivity index (χ2n) is 1.89. The van der Waals surface area contributed by atoms with E-state index < -0.39 is 15.2 Å². The van der Waals surface area contributed by atoms with E-state index in [0.29, 0.717) is 0 Å². The van der Waals surface area contributed by atoms with Crippen LogP contribution in [0.2, 0.25) is 0 Å². The largest absolute Gasteiger partial charge is 0.362 e. The fraction of sp³-hybridized carbons (Fsp3) is 0.800. The summed E-state index contributed by atoms with van der Waals surface area (Å²) in [5.74, 6) is -0.263. The third-order valence-corrected chi connectivity index (χ3v) is 1.99. The Hall–Kier alpha value is -0.310. The van der Waals surface area contributed by atoms with E-state index in [1.165, 1.54) is 6.92 Å². The Morgan fingerprint density at radius 3 is 2.64 bits per heavy atom. The van der Waals surface area contributed by atoms with Gasteiger partial charge in [0.25, 0.3) is 0 Å². The zero-order valence-electron chi connectivity index (χ0n) is 5.95.